The van der Waals surface area contributed by atoms with Crippen molar-refractivity contribution < 1.29 is 37.1 Å². The molecule has 0 aromatic heterocycles. The minimum Gasteiger partial charge on any atom is -0.449 e. The lowest BCUT2D eigenvalue weighted by Crippen LogP contribution is -2.31. The van der Waals surface area contributed by atoms with Gasteiger partial charge in [0.2, 0.25) is 0 Å². The summed E-state index contributed by atoms with van der Waals surface area (Å²) in [7, 11) is 0. The predicted octanol–water partition coefficient (Wildman–Crippen LogP) is 4.66. The number of fused-ring (bicyclic) bond motifs is 2. The van der Waals surface area contributed by atoms with Crippen LogP contribution < -0.4 is 5.32 Å². The quantitative estimate of drug-likeness (QED) is 0.441. The van der Waals surface area contributed by atoms with Crippen molar-refractivity contribution in [2.24, 2.45) is 0 Å². The van der Waals surface area contributed by atoms with Gasteiger partial charge in [0, 0.05) is 27.9 Å². The molecule has 0 bridgehead atoms. The second-order valence-corrected chi connectivity index (χ2v) is 7.55. The zero-order valence-corrected chi connectivity index (χ0v) is 17.6. The van der Waals surface area contributed by atoms with Crippen molar-refractivity contribution >= 4 is 29.1 Å². The third kappa shape index (κ3) is 4.19. The van der Waals surface area contributed by atoms with Crippen LogP contribution >= 0.6 is 0 Å². The van der Waals surface area contributed by atoms with E-state index in [4.69, 9.17) is 4.74 Å². The number of anilines is 1. The Bertz CT molecular complexity index is 1350. The Balaban J connectivity index is 1.54. The molecule has 1 amide bonds. The van der Waals surface area contributed by atoms with E-state index in [-0.39, 0.29) is 33.5 Å². The van der Waals surface area contributed by atoms with Crippen molar-refractivity contribution in [3.8, 4) is 0 Å². The molecule has 6 nitrogen and oxygen atoms in total. The molecule has 0 heterocycles. The van der Waals surface area contributed by atoms with Gasteiger partial charge in [-0.05, 0) is 31.2 Å². The molecular weight excluding hydrogens is 451 g/mol. The number of ketones is 2. The number of hydrogen-bond acceptors (Lipinski definition) is 5. The first kappa shape index (κ1) is 22.9. The summed E-state index contributed by atoms with van der Waals surface area (Å²) in [6.07, 6.45) is -5.99. The van der Waals surface area contributed by atoms with Crippen LogP contribution in [0.5, 0.6) is 0 Å². The maximum atomic E-state index is 13.0. The number of carbonyl (C=O) groups excluding carboxylic acids is 4. The average Bonchev–Trinajstić information content (AvgIpc) is 2.81. The average molecular weight is 467 g/mol. The van der Waals surface area contributed by atoms with Crippen LogP contribution in [0, 0.1) is 0 Å². The Morgan fingerprint density at radius 1 is 0.853 bits per heavy atom. The second kappa shape index (κ2) is 8.58. The van der Waals surface area contributed by atoms with Gasteiger partial charge in [-0.1, -0.05) is 42.5 Å². The van der Waals surface area contributed by atoms with E-state index in [9.17, 15) is 32.3 Å². The number of amides is 1. The third-order valence-corrected chi connectivity index (χ3v) is 5.28. The van der Waals surface area contributed by atoms with Gasteiger partial charge in [0.05, 0.1) is 11.1 Å². The summed E-state index contributed by atoms with van der Waals surface area (Å²) in [6, 6.07) is 14.4. The molecule has 0 saturated carbocycles. The molecule has 3 aromatic carbocycles. The van der Waals surface area contributed by atoms with E-state index >= 15 is 0 Å². The summed E-state index contributed by atoms with van der Waals surface area (Å²) in [6.45, 7) is 1.23. The predicted molar refractivity (Wildman–Crippen MR) is 115 cm³/mol. The van der Waals surface area contributed by atoms with E-state index in [0.717, 1.165) is 18.2 Å². The first-order chi connectivity index (χ1) is 16.1. The van der Waals surface area contributed by atoms with Crippen molar-refractivity contribution in [2.45, 2.75) is 19.2 Å². The van der Waals surface area contributed by atoms with Gasteiger partial charge >= 0.3 is 12.1 Å². The van der Waals surface area contributed by atoms with Gasteiger partial charge in [-0.3, -0.25) is 14.4 Å². The molecule has 0 fully saturated rings. The lowest BCUT2D eigenvalue weighted by Gasteiger charge is -2.20. The number of carbonyl (C=O) groups is 4. The lowest BCUT2D eigenvalue weighted by molar-refractivity contribution is -0.137. The Labute approximate surface area is 191 Å². The summed E-state index contributed by atoms with van der Waals surface area (Å²) in [5.74, 6) is -2.84. The van der Waals surface area contributed by atoms with Gasteiger partial charge in [0.1, 0.15) is 0 Å². The van der Waals surface area contributed by atoms with E-state index in [1.807, 2.05) is 0 Å². The van der Waals surface area contributed by atoms with Gasteiger partial charge in [-0.15, -0.1) is 0 Å². The van der Waals surface area contributed by atoms with E-state index in [0.29, 0.717) is 0 Å². The van der Waals surface area contributed by atoms with Gasteiger partial charge < -0.3 is 10.1 Å². The smallest absolute Gasteiger partial charge is 0.416 e. The van der Waals surface area contributed by atoms with Crippen LogP contribution in [0.1, 0.15) is 54.7 Å². The van der Waals surface area contributed by atoms with Crippen molar-refractivity contribution in [3.63, 3.8) is 0 Å². The lowest BCUT2D eigenvalue weighted by atomic mass is 9.82. The van der Waals surface area contributed by atoms with Gasteiger partial charge in [0.15, 0.2) is 17.7 Å². The number of nitrogens with one attached hydrogen (secondary N) is 1. The minimum atomic E-state index is -4.59. The highest BCUT2D eigenvalue weighted by molar-refractivity contribution is 6.30. The normalized spacial score (nSPS) is 13.5. The molecule has 0 saturated heterocycles. The Hall–Kier alpha value is -4.27. The molecule has 34 heavy (non-hydrogen) atoms. The fourth-order valence-electron chi connectivity index (χ4n) is 3.61. The van der Waals surface area contributed by atoms with Crippen LogP contribution in [0.2, 0.25) is 0 Å². The molecule has 0 spiro atoms. The molecule has 0 aliphatic heterocycles. The van der Waals surface area contributed by atoms with Gasteiger partial charge in [-0.2, -0.15) is 13.2 Å². The fourth-order valence-corrected chi connectivity index (χ4v) is 3.61. The van der Waals surface area contributed by atoms with E-state index in [2.05, 4.69) is 5.32 Å². The largest absolute Gasteiger partial charge is 0.449 e. The highest BCUT2D eigenvalue weighted by atomic mass is 19.4. The number of esters is 1. The van der Waals surface area contributed by atoms with Crippen LogP contribution in [0.4, 0.5) is 18.9 Å². The van der Waals surface area contributed by atoms with E-state index < -0.39 is 41.3 Å². The van der Waals surface area contributed by atoms with E-state index in [1.165, 1.54) is 43.3 Å². The number of hydrogen-bond donors (Lipinski definition) is 1. The molecule has 1 atom stereocenters. The molecule has 3 aromatic rings. The van der Waals surface area contributed by atoms with Gasteiger partial charge in [0.25, 0.3) is 5.91 Å². The maximum absolute atomic E-state index is 13.0. The summed E-state index contributed by atoms with van der Waals surface area (Å²) >= 11 is 0. The topological polar surface area (TPSA) is 89.5 Å². The second-order valence-electron chi connectivity index (χ2n) is 7.55. The molecule has 9 heteroatoms. The van der Waals surface area contributed by atoms with Crippen LogP contribution in [0.15, 0.2) is 66.7 Å². The highest BCUT2D eigenvalue weighted by Crippen LogP contribution is 2.31. The minimum absolute atomic E-state index is 0.0409. The number of benzene rings is 3. The Morgan fingerprint density at radius 2 is 1.47 bits per heavy atom. The van der Waals surface area contributed by atoms with Crippen LogP contribution in [-0.4, -0.2) is 29.5 Å². The summed E-state index contributed by atoms with van der Waals surface area (Å²) in [5.41, 5.74) is -0.980. The SMILES string of the molecule is C[C@H](OC(=O)c1cccc2c1C(=O)c1ccccc1C2=O)C(=O)Nc1cccc(C(F)(F)F)c1. The summed E-state index contributed by atoms with van der Waals surface area (Å²) in [4.78, 5) is 51.1. The van der Waals surface area contributed by atoms with Crippen LogP contribution in [-0.2, 0) is 15.7 Å². The number of rotatable bonds is 4. The van der Waals surface area contributed by atoms with Crippen molar-refractivity contribution in [1.82, 2.24) is 0 Å². The van der Waals surface area contributed by atoms with Crippen LogP contribution in [0.25, 0.3) is 0 Å². The monoisotopic (exact) mass is 467 g/mol. The molecule has 4 rings (SSSR count). The summed E-state index contributed by atoms with van der Waals surface area (Å²) < 4.78 is 43.8. The third-order valence-electron chi connectivity index (χ3n) is 5.28. The molecule has 0 unspecified atom stereocenters. The van der Waals surface area contributed by atoms with Gasteiger partial charge in [-0.25, -0.2) is 4.79 Å². The first-order valence-corrected chi connectivity index (χ1v) is 10.1. The van der Waals surface area contributed by atoms with Crippen molar-refractivity contribution in [2.75, 3.05) is 5.32 Å². The molecule has 1 aliphatic rings. The number of halogens is 3. The standard InChI is InChI=1S/C25H16F3NO5/c1-13(23(32)29-15-7-4-6-14(12-15)25(26,27)28)34-24(33)19-11-5-10-18-20(19)22(31)17-9-3-2-8-16(17)21(18)30/h2-13H,1H3,(H,29,32)/t13-/m0/s1. The Morgan fingerprint density at radius 3 is 2.15 bits per heavy atom. The zero-order chi connectivity index (χ0) is 24.6. The maximum Gasteiger partial charge on any atom is 0.416 e. The number of ether oxygens (including phenoxy) is 1. The van der Waals surface area contributed by atoms with Crippen molar-refractivity contribution in [3.05, 3.63) is 100 Å². The first-order valence-electron chi connectivity index (χ1n) is 10.1. The van der Waals surface area contributed by atoms with Crippen molar-refractivity contribution in [1.29, 1.82) is 0 Å². The molecule has 0 radical (unpaired) electrons. The zero-order valence-electron chi connectivity index (χ0n) is 17.6. The fraction of sp³-hybridized carbons (Fsp3) is 0.120. The molecular formula is C25H16F3NO5. The molecule has 1 aliphatic carbocycles. The summed E-state index contributed by atoms with van der Waals surface area (Å²) in [5, 5.41) is 2.26. The van der Waals surface area contributed by atoms with E-state index in [1.54, 1.807) is 12.1 Å². The number of alkyl halides is 3. The van der Waals surface area contributed by atoms with Crippen LogP contribution in [0.3, 0.4) is 0 Å². The highest BCUT2D eigenvalue weighted by Gasteiger charge is 2.34. The molecule has 1 N–H and O–H groups in total. The molecule has 172 valence electrons. The Kier molecular flexibility index (Phi) is 5.78.